The fourth-order valence-electron chi connectivity index (χ4n) is 2.00. The van der Waals surface area contributed by atoms with E-state index in [1.807, 2.05) is 0 Å². The Morgan fingerprint density at radius 2 is 1.72 bits per heavy atom. The van der Waals surface area contributed by atoms with Gasteiger partial charge in [0.2, 0.25) is 5.78 Å². The van der Waals surface area contributed by atoms with Gasteiger partial charge in [-0.1, -0.05) is 23.7 Å². The number of hydrogen-bond donors (Lipinski definition) is 0. The smallest absolute Gasteiger partial charge is 0.344 e. The van der Waals surface area contributed by atoms with E-state index in [1.165, 1.54) is 20.3 Å². The average molecular weight is 365 g/mol. The Balaban J connectivity index is 1.91. The van der Waals surface area contributed by atoms with Crippen molar-refractivity contribution in [2.75, 3.05) is 27.4 Å². The highest BCUT2D eigenvalue weighted by Crippen LogP contribution is 2.25. The Hall–Kier alpha value is -2.73. The van der Waals surface area contributed by atoms with Crippen molar-refractivity contribution in [1.29, 1.82) is 0 Å². The second kappa shape index (κ2) is 8.94. The second-order valence-corrected chi connectivity index (χ2v) is 5.28. The van der Waals surface area contributed by atoms with E-state index in [1.54, 1.807) is 36.4 Å². The zero-order valence-electron chi connectivity index (χ0n) is 13.8. The maximum absolute atomic E-state index is 12.3. The second-order valence-electron chi connectivity index (χ2n) is 4.87. The zero-order chi connectivity index (χ0) is 18.2. The maximum atomic E-state index is 12.3. The Morgan fingerprint density at radius 1 is 0.960 bits per heavy atom. The molecular weight excluding hydrogens is 348 g/mol. The maximum Gasteiger partial charge on any atom is 0.344 e. The van der Waals surface area contributed by atoms with Crippen LogP contribution >= 0.6 is 11.6 Å². The standard InChI is InChI=1S/C18H17ClO6/c1-22-12-7-8-16(23-2)13(9-12)15(20)10-25-18(21)11-24-17-6-4-3-5-14(17)19/h3-9H,10-11H2,1-2H3. The van der Waals surface area contributed by atoms with Gasteiger partial charge in [0.1, 0.15) is 17.2 Å². The fourth-order valence-corrected chi connectivity index (χ4v) is 2.19. The van der Waals surface area contributed by atoms with Gasteiger partial charge < -0.3 is 18.9 Å². The van der Waals surface area contributed by atoms with E-state index in [2.05, 4.69) is 0 Å². The number of esters is 1. The third-order valence-corrected chi connectivity index (χ3v) is 3.57. The van der Waals surface area contributed by atoms with Crippen LogP contribution in [0.15, 0.2) is 42.5 Å². The molecule has 6 nitrogen and oxygen atoms in total. The number of ether oxygens (including phenoxy) is 4. The molecule has 0 saturated carbocycles. The SMILES string of the molecule is COc1ccc(OC)c(C(=O)COC(=O)COc2ccccc2Cl)c1. The van der Waals surface area contributed by atoms with Crippen LogP contribution in [0.2, 0.25) is 5.02 Å². The summed E-state index contributed by atoms with van der Waals surface area (Å²) in [5, 5.41) is 0.382. The van der Waals surface area contributed by atoms with Gasteiger partial charge in [-0.15, -0.1) is 0 Å². The summed E-state index contributed by atoms with van der Waals surface area (Å²) in [4.78, 5) is 24.0. The van der Waals surface area contributed by atoms with Crippen LogP contribution in [0.25, 0.3) is 0 Å². The number of benzene rings is 2. The summed E-state index contributed by atoms with van der Waals surface area (Å²) < 4.78 is 20.4. The van der Waals surface area contributed by atoms with Gasteiger partial charge in [0.05, 0.1) is 24.8 Å². The number of Topliss-reactive ketones (excluding diaryl/α,β-unsaturated/α-hetero) is 1. The van der Waals surface area contributed by atoms with E-state index in [9.17, 15) is 9.59 Å². The van der Waals surface area contributed by atoms with E-state index in [4.69, 9.17) is 30.5 Å². The molecule has 0 saturated heterocycles. The minimum absolute atomic E-state index is 0.265. The molecule has 2 rings (SSSR count). The number of ketones is 1. The van der Waals surface area contributed by atoms with E-state index in [0.29, 0.717) is 22.3 Å². The Labute approximate surface area is 150 Å². The molecule has 0 aliphatic rings. The highest BCUT2D eigenvalue weighted by atomic mass is 35.5. The number of carbonyl (C=O) groups is 2. The van der Waals surface area contributed by atoms with Gasteiger partial charge in [-0.05, 0) is 30.3 Å². The molecule has 0 atom stereocenters. The summed E-state index contributed by atoms with van der Waals surface area (Å²) in [6.45, 7) is -0.791. The highest BCUT2D eigenvalue weighted by molar-refractivity contribution is 6.32. The van der Waals surface area contributed by atoms with Crippen LogP contribution in [0.1, 0.15) is 10.4 Å². The monoisotopic (exact) mass is 364 g/mol. The lowest BCUT2D eigenvalue weighted by molar-refractivity contribution is -0.144. The average Bonchev–Trinajstić information content (AvgIpc) is 2.64. The predicted molar refractivity (Wildman–Crippen MR) is 91.8 cm³/mol. The molecule has 25 heavy (non-hydrogen) atoms. The van der Waals surface area contributed by atoms with Crippen molar-refractivity contribution in [3.05, 3.63) is 53.1 Å². The minimum Gasteiger partial charge on any atom is -0.497 e. The van der Waals surface area contributed by atoms with Crippen LogP contribution in [0.4, 0.5) is 0 Å². The molecule has 2 aromatic carbocycles. The molecule has 0 aliphatic carbocycles. The Kier molecular flexibility index (Phi) is 6.65. The van der Waals surface area contributed by atoms with Crippen molar-refractivity contribution in [3.8, 4) is 17.2 Å². The van der Waals surface area contributed by atoms with Crippen molar-refractivity contribution in [2.24, 2.45) is 0 Å². The number of hydrogen-bond acceptors (Lipinski definition) is 6. The molecule has 0 unspecified atom stereocenters. The lowest BCUT2D eigenvalue weighted by Gasteiger charge is -2.10. The van der Waals surface area contributed by atoms with Gasteiger partial charge in [0, 0.05) is 0 Å². The molecular formula is C18H17ClO6. The van der Waals surface area contributed by atoms with Gasteiger partial charge in [-0.3, -0.25) is 4.79 Å². The molecule has 0 radical (unpaired) electrons. The van der Waals surface area contributed by atoms with Crippen LogP contribution < -0.4 is 14.2 Å². The molecule has 0 aliphatic heterocycles. The number of carbonyl (C=O) groups excluding carboxylic acids is 2. The van der Waals surface area contributed by atoms with E-state index < -0.39 is 18.4 Å². The van der Waals surface area contributed by atoms with Crippen LogP contribution in [-0.4, -0.2) is 39.2 Å². The lowest BCUT2D eigenvalue weighted by Crippen LogP contribution is -2.20. The Bertz CT molecular complexity index is 759. The highest BCUT2D eigenvalue weighted by Gasteiger charge is 2.16. The summed E-state index contributed by atoms with van der Waals surface area (Å²) in [5.41, 5.74) is 0.265. The van der Waals surface area contributed by atoms with Gasteiger partial charge in [0.25, 0.3) is 0 Å². The molecule has 0 amide bonds. The van der Waals surface area contributed by atoms with Gasteiger partial charge in [-0.25, -0.2) is 4.79 Å². The van der Waals surface area contributed by atoms with Crippen molar-refractivity contribution in [1.82, 2.24) is 0 Å². The largest absolute Gasteiger partial charge is 0.497 e. The minimum atomic E-state index is -0.685. The van der Waals surface area contributed by atoms with Crippen LogP contribution in [0.3, 0.4) is 0 Å². The first-order chi connectivity index (χ1) is 12.0. The predicted octanol–water partition coefficient (Wildman–Crippen LogP) is 3.16. The summed E-state index contributed by atoms with van der Waals surface area (Å²) in [6.07, 6.45) is 0. The van der Waals surface area contributed by atoms with Gasteiger partial charge in [-0.2, -0.15) is 0 Å². The fraction of sp³-hybridized carbons (Fsp3) is 0.222. The first-order valence-electron chi connectivity index (χ1n) is 7.33. The molecule has 0 heterocycles. The summed E-state index contributed by atoms with van der Waals surface area (Å²) >= 11 is 5.92. The zero-order valence-corrected chi connectivity index (χ0v) is 14.5. The Morgan fingerprint density at radius 3 is 2.40 bits per heavy atom. The van der Waals surface area contributed by atoms with Crippen LogP contribution in [-0.2, 0) is 9.53 Å². The molecule has 7 heteroatoms. The van der Waals surface area contributed by atoms with Crippen LogP contribution in [0, 0.1) is 0 Å². The number of para-hydroxylation sites is 1. The van der Waals surface area contributed by atoms with E-state index >= 15 is 0 Å². The molecule has 0 spiro atoms. The van der Waals surface area contributed by atoms with Crippen molar-refractivity contribution in [3.63, 3.8) is 0 Å². The number of halogens is 1. The third kappa shape index (κ3) is 5.12. The normalized spacial score (nSPS) is 10.0. The quantitative estimate of drug-likeness (QED) is 0.529. The number of rotatable bonds is 8. The molecule has 0 fully saturated rings. The molecule has 132 valence electrons. The third-order valence-electron chi connectivity index (χ3n) is 3.25. The summed E-state index contributed by atoms with van der Waals surface area (Å²) in [5.74, 6) is 0.130. The van der Waals surface area contributed by atoms with Crippen molar-refractivity contribution in [2.45, 2.75) is 0 Å². The van der Waals surface area contributed by atoms with E-state index in [0.717, 1.165) is 0 Å². The summed E-state index contributed by atoms with van der Waals surface area (Å²) in [7, 11) is 2.93. The topological polar surface area (TPSA) is 71.1 Å². The lowest BCUT2D eigenvalue weighted by atomic mass is 10.1. The summed E-state index contributed by atoms with van der Waals surface area (Å²) in [6, 6.07) is 11.5. The van der Waals surface area contributed by atoms with Crippen molar-refractivity contribution >= 4 is 23.4 Å². The molecule has 0 N–H and O–H groups in total. The first-order valence-corrected chi connectivity index (χ1v) is 7.71. The first kappa shape index (κ1) is 18.6. The van der Waals surface area contributed by atoms with Gasteiger partial charge in [0.15, 0.2) is 13.2 Å². The molecule has 0 bridgehead atoms. The van der Waals surface area contributed by atoms with E-state index in [-0.39, 0.29) is 12.2 Å². The molecule has 2 aromatic rings. The molecule has 0 aromatic heterocycles. The van der Waals surface area contributed by atoms with Gasteiger partial charge >= 0.3 is 5.97 Å². The van der Waals surface area contributed by atoms with Crippen LogP contribution in [0.5, 0.6) is 17.2 Å². The van der Waals surface area contributed by atoms with Crippen molar-refractivity contribution < 1.29 is 28.5 Å². The number of methoxy groups -OCH3 is 2.